The summed E-state index contributed by atoms with van der Waals surface area (Å²) in [6, 6.07) is 0. The Hall–Kier alpha value is -2.81. The number of unbranched alkanes of at least 4 members (excludes halogenated alkanes) is 14. The minimum Gasteiger partial charge on any atom is -0.458 e. The van der Waals surface area contributed by atoms with Crippen LogP contribution in [0.5, 0.6) is 0 Å². The van der Waals surface area contributed by atoms with Crippen molar-refractivity contribution >= 4 is 19.8 Å². The van der Waals surface area contributed by atoms with E-state index in [0.29, 0.717) is 17.4 Å². The second kappa shape index (κ2) is 39.6. The number of hydrogen-bond acceptors (Lipinski definition) is 7. The summed E-state index contributed by atoms with van der Waals surface area (Å²) in [5, 5.41) is 0. The smallest absolute Gasteiger partial charge is 0.458 e. The Bertz CT molecular complexity index is 1260. The molecule has 0 aromatic heterocycles. The maximum atomic E-state index is 12.6. The average Bonchev–Trinajstić information content (AvgIpc) is 3.17. The number of nitrogens with zero attached hydrogens (tertiary/aromatic N) is 1. The van der Waals surface area contributed by atoms with Crippen molar-refractivity contribution in [2.24, 2.45) is 0 Å². The van der Waals surface area contributed by atoms with Crippen molar-refractivity contribution in [3.8, 4) is 0 Å². The molecule has 0 fully saturated rings. The molecule has 0 saturated heterocycles. The fraction of sp³-hybridized carbons (Fsp3) is 0.667. The predicted octanol–water partition coefficient (Wildman–Crippen LogP) is 12.8. The zero-order valence-electron chi connectivity index (χ0n) is 37.2. The molecule has 58 heavy (non-hydrogen) atoms. The standard InChI is InChI=1S/C48H82NO8P/c1-6-8-10-12-14-16-18-20-22-23-24-25-27-29-31-33-35-37-39-41-48(51)57-46(45-56-58(52,53)55-43-42-49(3,4)5)44-54-47(50)40-38-36-34-32-30-28-26-21-19-17-15-13-11-9-7-2/h14,16,20,22,24-25,29,31,34-38,40,46H,6-13,15,17-19,21,23,26-28,30,32-33,39,41-45H2,1-5H3/p+1/b16-14+,22-20+,25-24+,31-29+,36-34+,37-35+,40-38+/t46-/m1/s1. The quantitative estimate of drug-likeness (QED) is 0.0124. The Morgan fingerprint density at radius 2 is 1.05 bits per heavy atom. The minimum atomic E-state index is -4.42. The number of carbonyl (C=O) groups is 2. The van der Waals surface area contributed by atoms with Gasteiger partial charge in [0, 0.05) is 12.5 Å². The molecule has 0 aliphatic heterocycles. The summed E-state index contributed by atoms with van der Waals surface area (Å²) in [4.78, 5) is 35.2. The highest BCUT2D eigenvalue weighted by Gasteiger charge is 2.26. The van der Waals surface area contributed by atoms with Crippen molar-refractivity contribution in [2.45, 2.75) is 161 Å². The predicted molar refractivity (Wildman–Crippen MR) is 242 cm³/mol. The molecule has 0 bridgehead atoms. The van der Waals surface area contributed by atoms with Crippen LogP contribution in [0.15, 0.2) is 85.1 Å². The molecule has 0 amide bonds. The highest BCUT2D eigenvalue weighted by Crippen LogP contribution is 2.43. The van der Waals surface area contributed by atoms with Crippen LogP contribution in [0.3, 0.4) is 0 Å². The van der Waals surface area contributed by atoms with Crippen LogP contribution in [0.4, 0.5) is 0 Å². The van der Waals surface area contributed by atoms with E-state index >= 15 is 0 Å². The van der Waals surface area contributed by atoms with Crippen LogP contribution in [0.2, 0.25) is 0 Å². The number of phosphoric acid groups is 1. The lowest BCUT2D eigenvalue weighted by atomic mass is 10.1. The summed E-state index contributed by atoms with van der Waals surface area (Å²) in [7, 11) is 1.38. The average molecular weight is 833 g/mol. The zero-order valence-corrected chi connectivity index (χ0v) is 38.1. The lowest BCUT2D eigenvalue weighted by Crippen LogP contribution is -2.37. The molecular weight excluding hydrogens is 750 g/mol. The van der Waals surface area contributed by atoms with Crippen molar-refractivity contribution in [3.63, 3.8) is 0 Å². The molecule has 10 heteroatoms. The van der Waals surface area contributed by atoms with Crippen LogP contribution in [0.1, 0.15) is 155 Å². The van der Waals surface area contributed by atoms with Gasteiger partial charge in [0.1, 0.15) is 19.8 Å². The van der Waals surface area contributed by atoms with Gasteiger partial charge in [-0.15, -0.1) is 0 Å². The number of allylic oxidation sites excluding steroid dienone is 13. The Kier molecular flexibility index (Phi) is 37.7. The van der Waals surface area contributed by atoms with Crippen molar-refractivity contribution in [1.82, 2.24) is 0 Å². The van der Waals surface area contributed by atoms with Crippen LogP contribution in [-0.2, 0) is 32.7 Å². The first-order valence-corrected chi connectivity index (χ1v) is 23.8. The number of carbonyl (C=O) groups excluding carboxylic acids is 2. The van der Waals surface area contributed by atoms with Crippen molar-refractivity contribution in [1.29, 1.82) is 0 Å². The molecule has 1 N–H and O–H groups in total. The van der Waals surface area contributed by atoms with Gasteiger partial charge >= 0.3 is 19.8 Å². The van der Waals surface area contributed by atoms with Gasteiger partial charge in [-0.1, -0.05) is 170 Å². The molecular formula is C48H83NO8P+. The number of rotatable bonds is 39. The third kappa shape index (κ3) is 42.8. The summed E-state index contributed by atoms with van der Waals surface area (Å²) in [5.74, 6) is -1.15. The van der Waals surface area contributed by atoms with E-state index in [1.807, 2.05) is 45.4 Å². The molecule has 332 valence electrons. The SMILES string of the molecule is CCCCC/C=C/C/C=C/C/C=C/C/C=C/C/C=C/CCC(=O)O[C@H](COC(=O)/C=C/C=C/CCCCCCCCCCCCC)COP(=O)(O)OCC[N+](C)(C)C. The molecule has 0 spiro atoms. The molecule has 1 unspecified atom stereocenters. The van der Waals surface area contributed by atoms with Crippen molar-refractivity contribution < 1.29 is 42.1 Å². The lowest BCUT2D eigenvalue weighted by molar-refractivity contribution is -0.870. The number of hydrogen-bond donors (Lipinski definition) is 1. The van der Waals surface area contributed by atoms with Crippen LogP contribution >= 0.6 is 7.82 Å². The molecule has 0 aliphatic carbocycles. The summed E-state index contributed by atoms with van der Waals surface area (Å²) in [6.45, 7) is 4.16. The summed E-state index contributed by atoms with van der Waals surface area (Å²) < 4.78 is 34.0. The maximum absolute atomic E-state index is 12.6. The van der Waals surface area contributed by atoms with Crippen LogP contribution in [0, 0.1) is 0 Å². The van der Waals surface area contributed by atoms with Gasteiger partial charge in [-0.2, -0.15) is 0 Å². The normalized spacial score (nSPS) is 14.4. The van der Waals surface area contributed by atoms with E-state index in [-0.39, 0.29) is 19.6 Å². The van der Waals surface area contributed by atoms with Crippen LogP contribution in [-0.4, -0.2) is 74.9 Å². The molecule has 0 radical (unpaired) electrons. The first-order valence-electron chi connectivity index (χ1n) is 22.4. The number of ether oxygens (including phenoxy) is 2. The molecule has 9 nitrogen and oxygen atoms in total. The highest BCUT2D eigenvalue weighted by molar-refractivity contribution is 7.47. The fourth-order valence-electron chi connectivity index (χ4n) is 5.50. The monoisotopic (exact) mass is 833 g/mol. The second-order valence-electron chi connectivity index (χ2n) is 15.8. The molecule has 0 saturated carbocycles. The number of esters is 2. The number of quaternary nitrogens is 1. The van der Waals surface area contributed by atoms with E-state index in [4.69, 9.17) is 18.5 Å². The summed E-state index contributed by atoms with van der Waals surface area (Å²) in [5.41, 5.74) is 0. The third-order valence-corrected chi connectivity index (χ3v) is 10.00. The van der Waals surface area contributed by atoms with Crippen LogP contribution in [0.25, 0.3) is 0 Å². The molecule has 0 rings (SSSR count). The lowest BCUT2D eigenvalue weighted by Gasteiger charge is -2.24. The van der Waals surface area contributed by atoms with Crippen molar-refractivity contribution in [2.75, 3.05) is 47.5 Å². The van der Waals surface area contributed by atoms with E-state index in [1.165, 1.54) is 96.0 Å². The third-order valence-electron chi connectivity index (χ3n) is 9.02. The molecule has 2 atom stereocenters. The maximum Gasteiger partial charge on any atom is 0.472 e. The van der Waals surface area contributed by atoms with E-state index in [1.54, 1.807) is 6.08 Å². The van der Waals surface area contributed by atoms with Gasteiger partial charge in [0.2, 0.25) is 0 Å². The van der Waals surface area contributed by atoms with E-state index in [0.717, 1.165) is 38.5 Å². The fourth-order valence-corrected chi connectivity index (χ4v) is 6.24. The van der Waals surface area contributed by atoms with Gasteiger partial charge in [-0.25, -0.2) is 9.36 Å². The van der Waals surface area contributed by atoms with Gasteiger partial charge in [-0.05, 0) is 57.8 Å². The molecule has 0 aliphatic rings. The van der Waals surface area contributed by atoms with Gasteiger partial charge in [-0.3, -0.25) is 13.8 Å². The van der Waals surface area contributed by atoms with Gasteiger partial charge in [0.05, 0.1) is 27.7 Å². The second-order valence-corrected chi connectivity index (χ2v) is 17.3. The van der Waals surface area contributed by atoms with E-state index in [2.05, 4.69) is 62.5 Å². The number of phosphoric ester groups is 1. The largest absolute Gasteiger partial charge is 0.472 e. The molecule has 0 aromatic carbocycles. The summed E-state index contributed by atoms with van der Waals surface area (Å²) >= 11 is 0. The Labute approximate surface area is 354 Å². The van der Waals surface area contributed by atoms with E-state index in [9.17, 15) is 19.0 Å². The van der Waals surface area contributed by atoms with Crippen molar-refractivity contribution in [3.05, 3.63) is 85.1 Å². The summed E-state index contributed by atoms with van der Waals surface area (Å²) in [6.07, 6.45) is 51.4. The number of likely N-dealkylation sites (N-methyl/N-ethyl adjacent to an activating group) is 1. The van der Waals surface area contributed by atoms with Crippen LogP contribution < -0.4 is 0 Å². The topological polar surface area (TPSA) is 108 Å². The first-order chi connectivity index (χ1) is 28.0. The van der Waals surface area contributed by atoms with Gasteiger partial charge in [0.15, 0.2) is 6.10 Å². The molecule has 0 aromatic rings. The Morgan fingerprint density at radius 3 is 1.60 bits per heavy atom. The van der Waals surface area contributed by atoms with Gasteiger partial charge in [0.25, 0.3) is 0 Å². The Morgan fingerprint density at radius 1 is 0.586 bits per heavy atom. The zero-order chi connectivity index (χ0) is 42.8. The minimum absolute atomic E-state index is 0.00167. The highest BCUT2D eigenvalue weighted by atomic mass is 31.2. The van der Waals surface area contributed by atoms with E-state index < -0.39 is 32.5 Å². The van der Waals surface area contributed by atoms with Gasteiger partial charge < -0.3 is 18.9 Å². The first kappa shape index (κ1) is 55.2. The Balaban J connectivity index is 4.60. The molecule has 0 heterocycles.